The Morgan fingerprint density at radius 1 is 1.17 bits per heavy atom. The van der Waals surface area contributed by atoms with Gasteiger partial charge in [0.1, 0.15) is 6.61 Å². The fraction of sp³-hybridized carbons (Fsp3) is 0.500. The average Bonchev–Trinajstić information content (AvgIpc) is 2.92. The summed E-state index contributed by atoms with van der Waals surface area (Å²) in [4.78, 5) is 37.2. The number of amides is 2. The van der Waals surface area contributed by atoms with Gasteiger partial charge in [0.05, 0.1) is 6.04 Å². The number of cyclic esters (lactones) is 1. The van der Waals surface area contributed by atoms with Crippen LogP contribution >= 0.6 is 0 Å². The fourth-order valence-corrected chi connectivity index (χ4v) is 2.70. The van der Waals surface area contributed by atoms with Gasteiger partial charge >= 0.3 is 6.09 Å². The van der Waals surface area contributed by atoms with E-state index in [0.717, 1.165) is 29.7 Å². The maximum absolute atomic E-state index is 12.3. The molecule has 0 spiro atoms. The van der Waals surface area contributed by atoms with Gasteiger partial charge in [-0.25, -0.2) is 9.69 Å². The molecule has 0 bridgehead atoms. The summed E-state index contributed by atoms with van der Waals surface area (Å²) in [5, 5.41) is 0. The van der Waals surface area contributed by atoms with E-state index in [4.69, 9.17) is 4.74 Å². The molecule has 1 heterocycles. The molecule has 1 fully saturated rings. The van der Waals surface area contributed by atoms with Gasteiger partial charge in [0, 0.05) is 6.42 Å². The molecule has 1 aliphatic rings. The van der Waals surface area contributed by atoms with Crippen LogP contribution in [0.25, 0.3) is 0 Å². The summed E-state index contributed by atoms with van der Waals surface area (Å²) >= 11 is 0. The van der Waals surface area contributed by atoms with Gasteiger partial charge < -0.3 is 4.74 Å². The molecule has 1 aromatic carbocycles. The van der Waals surface area contributed by atoms with Crippen molar-refractivity contribution >= 4 is 17.8 Å². The van der Waals surface area contributed by atoms with E-state index in [9.17, 15) is 14.4 Å². The number of ether oxygens (including phenoxy) is 1. The lowest BCUT2D eigenvalue weighted by Crippen LogP contribution is -2.43. The van der Waals surface area contributed by atoms with E-state index in [1.165, 1.54) is 0 Å². The minimum Gasteiger partial charge on any atom is -0.447 e. The van der Waals surface area contributed by atoms with Gasteiger partial charge in [0.25, 0.3) is 5.91 Å². The summed E-state index contributed by atoms with van der Waals surface area (Å²) in [6, 6.07) is 9.16. The molecule has 0 aromatic heterocycles. The van der Waals surface area contributed by atoms with Crippen LogP contribution in [0, 0.1) is 0 Å². The number of hydrogen-bond donors (Lipinski definition) is 0. The summed E-state index contributed by atoms with van der Waals surface area (Å²) < 4.78 is 4.98. The molecule has 2 rings (SSSR count). The van der Waals surface area contributed by atoms with Crippen LogP contribution in [0.15, 0.2) is 30.3 Å². The summed E-state index contributed by atoms with van der Waals surface area (Å²) in [5.74, 6) is -1.23. The molecular formula is C18H23NO4. The second-order valence-electron chi connectivity index (χ2n) is 5.83. The van der Waals surface area contributed by atoms with Crippen molar-refractivity contribution in [3.8, 4) is 0 Å². The van der Waals surface area contributed by atoms with Gasteiger partial charge in [-0.1, -0.05) is 56.5 Å². The first-order chi connectivity index (χ1) is 11.1. The predicted octanol–water partition coefficient (Wildman–Crippen LogP) is 3.12. The van der Waals surface area contributed by atoms with Crippen LogP contribution in [0.3, 0.4) is 0 Å². The van der Waals surface area contributed by atoms with Crippen molar-refractivity contribution in [3.05, 3.63) is 35.9 Å². The highest BCUT2D eigenvalue weighted by Gasteiger charge is 2.40. The van der Waals surface area contributed by atoms with Crippen molar-refractivity contribution < 1.29 is 19.1 Å². The first-order valence-corrected chi connectivity index (χ1v) is 8.20. The molecule has 0 radical (unpaired) electrons. The molecule has 23 heavy (non-hydrogen) atoms. The summed E-state index contributed by atoms with van der Waals surface area (Å²) in [7, 11) is 0. The Morgan fingerprint density at radius 3 is 2.61 bits per heavy atom. The minimum absolute atomic E-state index is 0.141. The van der Waals surface area contributed by atoms with Gasteiger partial charge in [-0.2, -0.15) is 0 Å². The molecule has 124 valence electrons. The lowest BCUT2D eigenvalue weighted by molar-refractivity contribution is -0.143. The van der Waals surface area contributed by atoms with Crippen LogP contribution in [0.2, 0.25) is 0 Å². The van der Waals surface area contributed by atoms with E-state index in [1.807, 2.05) is 30.3 Å². The van der Waals surface area contributed by atoms with Crippen LogP contribution < -0.4 is 0 Å². The maximum Gasteiger partial charge on any atom is 0.417 e. The van der Waals surface area contributed by atoms with Gasteiger partial charge in [-0.15, -0.1) is 0 Å². The third kappa shape index (κ3) is 4.65. The highest BCUT2D eigenvalue weighted by atomic mass is 16.6. The van der Waals surface area contributed by atoms with E-state index in [-0.39, 0.29) is 13.0 Å². The van der Waals surface area contributed by atoms with Gasteiger partial charge in [0.2, 0.25) is 5.78 Å². The number of nitrogens with zero attached hydrogens (tertiary/aromatic N) is 1. The molecule has 5 heteroatoms. The van der Waals surface area contributed by atoms with Crippen molar-refractivity contribution in [1.82, 2.24) is 4.90 Å². The third-order valence-corrected chi connectivity index (χ3v) is 3.99. The molecule has 1 aromatic rings. The Morgan fingerprint density at radius 2 is 1.91 bits per heavy atom. The predicted molar refractivity (Wildman–Crippen MR) is 85.9 cm³/mol. The van der Waals surface area contributed by atoms with E-state index >= 15 is 0 Å². The highest BCUT2D eigenvalue weighted by molar-refractivity contribution is 6.38. The summed E-state index contributed by atoms with van der Waals surface area (Å²) in [5.41, 5.74) is 1.00. The number of benzene rings is 1. The number of carbonyl (C=O) groups is 3. The third-order valence-electron chi connectivity index (χ3n) is 3.99. The maximum atomic E-state index is 12.3. The molecule has 2 amide bonds. The minimum atomic E-state index is -0.732. The Kier molecular flexibility index (Phi) is 6.32. The standard InChI is InChI=1S/C18H23NO4/c1-2-3-4-8-11-16(20)17(21)19-15(13-23-18(19)22)12-14-9-6-5-7-10-14/h5-7,9-10,15H,2-4,8,11-13H2,1H3/t15-/m1/s1. The Balaban J connectivity index is 1.95. The molecule has 0 unspecified atom stereocenters. The van der Waals surface area contributed by atoms with Crippen molar-refractivity contribution in [2.75, 3.05) is 6.61 Å². The van der Waals surface area contributed by atoms with E-state index in [1.54, 1.807) is 0 Å². The number of imide groups is 1. The molecule has 1 atom stereocenters. The monoisotopic (exact) mass is 317 g/mol. The number of unbranched alkanes of at least 4 members (excludes halogenated alkanes) is 3. The summed E-state index contributed by atoms with van der Waals surface area (Å²) in [6.45, 7) is 2.23. The molecule has 5 nitrogen and oxygen atoms in total. The van der Waals surface area contributed by atoms with Crippen LogP contribution in [-0.4, -0.2) is 35.3 Å². The van der Waals surface area contributed by atoms with Crippen molar-refractivity contribution in [1.29, 1.82) is 0 Å². The molecule has 0 saturated carbocycles. The zero-order valence-electron chi connectivity index (χ0n) is 13.5. The summed E-state index contributed by atoms with van der Waals surface area (Å²) in [6.07, 6.45) is 3.71. The van der Waals surface area contributed by atoms with Crippen molar-refractivity contribution in [2.45, 2.75) is 51.5 Å². The van der Waals surface area contributed by atoms with Crippen LogP contribution in [-0.2, 0) is 20.7 Å². The second kappa shape index (κ2) is 8.46. The molecule has 1 aliphatic heterocycles. The molecule has 0 N–H and O–H groups in total. The topological polar surface area (TPSA) is 63.7 Å². The zero-order chi connectivity index (χ0) is 16.7. The Labute approximate surface area is 136 Å². The highest BCUT2D eigenvalue weighted by Crippen LogP contribution is 2.18. The normalized spacial score (nSPS) is 17.2. The van der Waals surface area contributed by atoms with E-state index in [2.05, 4.69) is 6.92 Å². The van der Waals surface area contributed by atoms with Crippen LogP contribution in [0.1, 0.15) is 44.6 Å². The van der Waals surface area contributed by atoms with Gasteiger partial charge in [0.15, 0.2) is 0 Å². The van der Waals surface area contributed by atoms with Crippen LogP contribution in [0.5, 0.6) is 0 Å². The fourth-order valence-electron chi connectivity index (χ4n) is 2.70. The SMILES string of the molecule is CCCCCCC(=O)C(=O)N1C(=O)OC[C@H]1Cc1ccccc1. The number of ketones is 1. The van der Waals surface area contributed by atoms with Crippen molar-refractivity contribution in [2.24, 2.45) is 0 Å². The van der Waals surface area contributed by atoms with Gasteiger partial charge in [-0.3, -0.25) is 9.59 Å². The van der Waals surface area contributed by atoms with Gasteiger partial charge in [-0.05, 0) is 18.4 Å². The molecular weight excluding hydrogens is 294 g/mol. The second-order valence-corrected chi connectivity index (χ2v) is 5.83. The lowest BCUT2D eigenvalue weighted by Gasteiger charge is -2.18. The quantitative estimate of drug-likeness (QED) is 0.546. The van der Waals surface area contributed by atoms with Crippen LogP contribution in [0.4, 0.5) is 4.79 Å². The number of carbonyl (C=O) groups excluding carboxylic acids is 3. The number of rotatable bonds is 8. The van der Waals surface area contributed by atoms with E-state index < -0.39 is 23.8 Å². The average molecular weight is 317 g/mol. The molecule has 0 aliphatic carbocycles. The molecule has 1 saturated heterocycles. The smallest absolute Gasteiger partial charge is 0.417 e. The zero-order valence-corrected chi connectivity index (χ0v) is 13.5. The number of hydrogen-bond acceptors (Lipinski definition) is 4. The first-order valence-electron chi connectivity index (χ1n) is 8.20. The number of Topliss-reactive ketones (excluding diaryl/α,β-unsaturated/α-hetero) is 1. The largest absolute Gasteiger partial charge is 0.447 e. The van der Waals surface area contributed by atoms with E-state index in [0.29, 0.717) is 12.8 Å². The van der Waals surface area contributed by atoms with Crippen molar-refractivity contribution in [3.63, 3.8) is 0 Å². The first kappa shape index (κ1) is 17.2. The Hall–Kier alpha value is -2.17. The Bertz CT molecular complexity index is 555. The lowest BCUT2D eigenvalue weighted by atomic mass is 10.0.